The van der Waals surface area contributed by atoms with E-state index < -0.39 is 92.4 Å². The molecule has 4 fully saturated rings. The summed E-state index contributed by atoms with van der Waals surface area (Å²) in [7, 11) is -3.95. The first-order valence-corrected chi connectivity index (χ1v) is 22.4. The molecule has 6 unspecified atom stereocenters. The summed E-state index contributed by atoms with van der Waals surface area (Å²) in [5.74, 6) is -3.85. The molecule has 1 saturated heterocycles. The molecule has 4 N–H and O–H groups in total. The average Bonchev–Trinajstić information content (AvgIpc) is 4.09. The van der Waals surface area contributed by atoms with Crippen molar-refractivity contribution in [1.82, 2.24) is 30.5 Å². The Hall–Kier alpha value is -4.97. The van der Waals surface area contributed by atoms with Gasteiger partial charge in [-0.3, -0.25) is 28.8 Å². The molecule has 0 aromatic heterocycles. The summed E-state index contributed by atoms with van der Waals surface area (Å²) in [5, 5.41) is 7.59. The molecule has 6 amide bonds. The van der Waals surface area contributed by atoms with E-state index in [-0.39, 0.29) is 51.6 Å². The molecule has 1 aromatic carbocycles. The van der Waals surface area contributed by atoms with Crippen molar-refractivity contribution >= 4 is 51.9 Å². The van der Waals surface area contributed by atoms with Gasteiger partial charge in [-0.25, -0.2) is 18.0 Å². The zero-order valence-corrected chi connectivity index (χ0v) is 35.2. The number of benzene rings is 1. The Morgan fingerprint density at radius 2 is 1.80 bits per heavy atom. The Bertz CT molecular complexity index is 2040. The average molecular weight is 853 g/mol. The number of hydrogen-bond donors (Lipinski definition) is 4. The largest absolute Gasteiger partial charge is 0.444 e. The number of carbonyl (C=O) groups excluding carboxylic acids is 6. The maximum Gasteiger partial charge on any atom is 0.410 e. The lowest BCUT2D eigenvalue weighted by molar-refractivity contribution is -0.144. The number of amides is 6. The van der Waals surface area contributed by atoms with E-state index in [1.165, 1.54) is 11.0 Å². The van der Waals surface area contributed by atoms with Gasteiger partial charge in [0.05, 0.1) is 31.6 Å². The van der Waals surface area contributed by atoms with Crippen LogP contribution in [-0.4, -0.2) is 114 Å². The summed E-state index contributed by atoms with van der Waals surface area (Å²) in [5.41, 5.74) is 0.201. The summed E-state index contributed by atoms with van der Waals surface area (Å²) in [6.07, 6.45) is 7.22. The monoisotopic (exact) mass is 852 g/mol. The summed E-state index contributed by atoms with van der Waals surface area (Å²) >= 11 is 0. The van der Waals surface area contributed by atoms with E-state index in [4.69, 9.17) is 14.2 Å². The van der Waals surface area contributed by atoms with Gasteiger partial charge in [0.1, 0.15) is 35.4 Å². The molecule has 0 spiro atoms. The number of carbonyl (C=O) groups is 6. The molecule has 18 heteroatoms. The van der Waals surface area contributed by atoms with Crippen LogP contribution < -0.4 is 20.7 Å². The summed E-state index contributed by atoms with van der Waals surface area (Å²) in [6.45, 7) is 9.00. The SMILES string of the molecule is C=CC1CC1(NC(=O)C1CC2CN1C(=O)C(C1CCCCC1)NC(=O)C(NC(=O)OC(C)(C)C)COCC=Cc1cccc3c1CN(C3)C(=O)O2)C(=O)NS(=O)(=O)C1CC1. The fourth-order valence-electron chi connectivity index (χ4n) is 8.69. The molecule has 326 valence electrons. The fraction of sp³-hybridized carbons (Fsp3) is 0.619. The number of rotatable bonds is 8. The van der Waals surface area contributed by atoms with Gasteiger partial charge in [-0.15, -0.1) is 6.58 Å². The van der Waals surface area contributed by atoms with Crippen LogP contribution in [0.4, 0.5) is 9.59 Å². The predicted molar refractivity (Wildman–Crippen MR) is 217 cm³/mol. The maximum atomic E-state index is 15.0. The van der Waals surface area contributed by atoms with Crippen molar-refractivity contribution in [1.29, 1.82) is 0 Å². The van der Waals surface area contributed by atoms with Gasteiger partial charge in [0.2, 0.25) is 27.7 Å². The van der Waals surface area contributed by atoms with Crippen molar-refractivity contribution in [2.45, 2.75) is 132 Å². The van der Waals surface area contributed by atoms with Gasteiger partial charge in [0.15, 0.2) is 0 Å². The number of nitrogens with one attached hydrogen (secondary N) is 4. The third-order valence-corrected chi connectivity index (χ3v) is 13.9. The minimum Gasteiger partial charge on any atom is -0.444 e. The van der Waals surface area contributed by atoms with Crippen LogP contribution in [-0.2, 0) is 56.5 Å². The lowest BCUT2D eigenvalue weighted by atomic mass is 9.83. The van der Waals surface area contributed by atoms with Gasteiger partial charge in [-0.2, -0.15) is 0 Å². The topological polar surface area (TPSA) is 219 Å². The summed E-state index contributed by atoms with van der Waals surface area (Å²) < 4.78 is 45.1. The van der Waals surface area contributed by atoms with E-state index in [0.717, 1.165) is 36.0 Å². The van der Waals surface area contributed by atoms with Gasteiger partial charge < -0.3 is 35.1 Å². The molecule has 4 bridgehead atoms. The summed E-state index contributed by atoms with van der Waals surface area (Å²) in [4.78, 5) is 86.9. The minimum absolute atomic E-state index is 0.0746. The molecule has 3 saturated carbocycles. The first kappa shape index (κ1) is 43.1. The third kappa shape index (κ3) is 9.64. The maximum absolute atomic E-state index is 15.0. The zero-order valence-electron chi connectivity index (χ0n) is 34.4. The van der Waals surface area contributed by atoms with E-state index in [0.29, 0.717) is 25.7 Å². The number of hydrogen-bond acceptors (Lipinski definition) is 11. The quantitative estimate of drug-likeness (QED) is 0.279. The van der Waals surface area contributed by atoms with Crippen LogP contribution in [0.15, 0.2) is 36.9 Å². The molecule has 60 heavy (non-hydrogen) atoms. The highest BCUT2D eigenvalue weighted by Gasteiger charge is 2.62. The Morgan fingerprint density at radius 1 is 1.05 bits per heavy atom. The number of sulfonamides is 1. The number of alkyl carbamates (subject to hydrolysis) is 1. The highest BCUT2D eigenvalue weighted by atomic mass is 32.2. The van der Waals surface area contributed by atoms with E-state index in [1.54, 1.807) is 31.7 Å². The Kier molecular flexibility index (Phi) is 12.4. The molecule has 3 aliphatic carbocycles. The fourth-order valence-corrected chi connectivity index (χ4v) is 10.1. The molecule has 17 nitrogen and oxygen atoms in total. The van der Waals surface area contributed by atoms with Gasteiger partial charge in [-0.05, 0) is 75.5 Å². The Labute approximate surface area is 350 Å². The van der Waals surface area contributed by atoms with Crippen LogP contribution in [0, 0.1) is 11.8 Å². The molecule has 1 aromatic rings. The smallest absolute Gasteiger partial charge is 0.410 e. The van der Waals surface area contributed by atoms with Crippen molar-refractivity contribution in [2.24, 2.45) is 11.8 Å². The Balaban J connectivity index is 1.21. The number of nitrogens with zero attached hydrogens (tertiary/aromatic N) is 2. The summed E-state index contributed by atoms with van der Waals surface area (Å²) in [6, 6.07) is 2.01. The van der Waals surface area contributed by atoms with Crippen molar-refractivity contribution < 1.29 is 51.4 Å². The van der Waals surface area contributed by atoms with Crippen molar-refractivity contribution in [3.8, 4) is 0 Å². The highest BCUT2D eigenvalue weighted by molar-refractivity contribution is 7.91. The predicted octanol–water partition coefficient (Wildman–Crippen LogP) is 2.78. The van der Waals surface area contributed by atoms with Crippen LogP contribution >= 0.6 is 0 Å². The van der Waals surface area contributed by atoms with Crippen LogP contribution in [0.25, 0.3) is 6.08 Å². The van der Waals surface area contributed by atoms with Crippen molar-refractivity contribution in [3.63, 3.8) is 0 Å². The molecule has 3 aliphatic heterocycles. The second-order valence-corrected chi connectivity index (χ2v) is 19.8. The first-order chi connectivity index (χ1) is 28.5. The van der Waals surface area contributed by atoms with Crippen LogP contribution in [0.5, 0.6) is 0 Å². The zero-order chi connectivity index (χ0) is 43.0. The lowest BCUT2D eigenvalue weighted by Crippen LogP contribution is -2.61. The van der Waals surface area contributed by atoms with E-state index in [9.17, 15) is 37.2 Å². The van der Waals surface area contributed by atoms with Crippen molar-refractivity contribution in [3.05, 3.63) is 53.6 Å². The minimum atomic E-state index is -3.95. The van der Waals surface area contributed by atoms with Gasteiger partial charge in [-0.1, -0.05) is 55.7 Å². The molecule has 7 rings (SSSR count). The number of fused-ring (bicyclic) bond motifs is 3. The second kappa shape index (κ2) is 17.2. The van der Waals surface area contributed by atoms with Gasteiger partial charge >= 0.3 is 12.2 Å². The van der Waals surface area contributed by atoms with E-state index in [2.05, 4.69) is 27.3 Å². The van der Waals surface area contributed by atoms with Gasteiger partial charge in [0, 0.05) is 18.9 Å². The van der Waals surface area contributed by atoms with Crippen molar-refractivity contribution in [2.75, 3.05) is 19.8 Å². The molecular formula is C42H56N6O11S. The van der Waals surface area contributed by atoms with Crippen LogP contribution in [0.3, 0.4) is 0 Å². The number of ether oxygens (including phenoxy) is 3. The van der Waals surface area contributed by atoms with Gasteiger partial charge in [0.25, 0.3) is 5.91 Å². The Morgan fingerprint density at radius 3 is 2.48 bits per heavy atom. The lowest BCUT2D eigenvalue weighted by Gasteiger charge is -2.35. The third-order valence-electron chi connectivity index (χ3n) is 12.1. The molecular weight excluding hydrogens is 797 g/mol. The van der Waals surface area contributed by atoms with Crippen LogP contribution in [0.1, 0.15) is 95.2 Å². The van der Waals surface area contributed by atoms with Crippen LogP contribution in [0.2, 0.25) is 0 Å². The molecule has 6 aliphatic rings. The van der Waals surface area contributed by atoms with E-state index in [1.807, 2.05) is 24.3 Å². The molecule has 6 atom stereocenters. The van der Waals surface area contributed by atoms with E-state index >= 15 is 0 Å². The molecule has 3 heterocycles. The normalized spacial score (nSPS) is 29.0. The second-order valence-electron chi connectivity index (χ2n) is 17.8. The standard InChI is InChI=1S/C42H56N6O11S/c1-5-28-20-42(28,38(52)46-60(55,56)30-16-17-30)45-36(50)33-19-29-22-48(33)37(51)34(26-11-7-6-8-12-26)44-35(49)32(43-39(53)59-41(2,3)4)24-57-18-10-15-25-13-9-14-27-21-47(23-31(25)27)40(54)58-29/h5,9-10,13-15,26,28-30,32-34H,1,6-8,11-12,16-24H2,2-4H3,(H,43,53)(H,44,49)(H,45,50)(H,46,52). The molecule has 0 radical (unpaired) electrons. The first-order valence-electron chi connectivity index (χ1n) is 20.9. The highest BCUT2D eigenvalue weighted by Crippen LogP contribution is 2.45.